The van der Waals surface area contributed by atoms with Crippen LogP contribution in [0.4, 0.5) is 0 Å². The van der Waals surface area contributed by atoms with Crippen LogP contribution in [0.3, 0.4) is 0 Å². The van der Waals surface area contributed by atoms with Crippen molar-refractivity contribution in [1.82, 2.24) is 4.57 Å². The lowest BCUT2D eigenvalue weighted by atomic mass is 9.89. The minimum Gasteiger partial charge on any atom is -0.309 e. The largest absolute Gasteiger partial charge is 0.309 e. The van der Waals surface area contributed by atoms with Crippen molar-refractivity contribution in [3.05, 3.63) is 222 Å². The lowest BCUT2D eigenvalue weighted by molar-refractivity contribution is 1.02. The third-order valence-electron chi connectivity index (χ3n) is 12.3. The Labute approximate surface area is 320 Å². The first-order valence-electron chi connectivity index (χ1n) is 19.3. The van der Waals surface area contributed by atoms with Gasteiger partial charge in [0.1, 0.15) is 0 Å². The molecule has 0 saturated carbocycles. The fourth-order valence-electron chi connectivity index (χ4n) is 9.79. The average Bonchev–Trinajstić information content (AvgIpc) is 3.91. The Hall–Kier alpha value is -6.96. The summed E-state index contributed by atoms with van der Waals surface area (Å²) < 4.78 is 2.44. The predicted molar refractivity (Wildman–Crippen MR) is 230 cm³/mol. The Bertz CT molecular complexity index is 3180. The molecule has 2 aliphatic rings. The van der Waals surface area contributed by atoms with E-state index in [0.717, 1.165) is 6.42 Å². The summed E-state index contributed by atoms with van der Waals surface area (Å²) in [6.45, 7) is 0. The van der Waals surface area contributed by atoms with Gasteiger partial charge in [0.15, 0.2) is 0 Å². The van der Waals surface area contributed by atoms with Gasteiger partial charge in [0.25, 0.3) is 0 Å². The van der Waals surface area contributed by atoms with E-state index in [1.54, 1.807) is 0 Å². The van der Waals surface area contributed by atoms with E-state index in [2.05, 4.69) is 199 Å². The van der Waals surface area contributed by atoms with Crippen LogP contribution >= 0.6 is 0 Å². The van der Waals surface area contributed by atoms with E-state index in [-0.39, 0.29) is 5.92 Å². The van der Waals surface area contributed by atoms with Crippen molar-refractivity contribution in [3.63, 3.8) is 0 Å². The van der Waals surface area contributed by atoms with Crippen LogP contribution in [0.5, 0.6) is 0 Å². The molecule has 0 spiro atoms. The van der Waals surface area contributed by atoms with Crippen LogP contribution in [0, 0.1) is 0 Å². The molecular formula is C54H35N. The molecule has 1 aromatic heterocycles. The van der Waals surface area contributed by atoms with Crippen LogP contribution < -0.4 is 0 Å². The minimum atomic E-state index is 0.256. The highest BCUT2D eigenvalue weighted by atomic mass is 15.0. The van der Waals surface area contributed by atoms with Gasteiger partial charge in [-0.3, -0.25) is 0 Å². The predicted octanol–water partition coefficient (Wildman–Crippen LogP) is 14.0. The molecular weight excluding hydrogens is 663 g/mol. The zero-order chi connectivity index (χ0) is 36.0. The average molecular weight is 698 g/mol. The van der Waals surface area contributed by atoms with Gasteiger partial charge < -0.3 is 4.57 Å². The second-order valence-corrected chi connectivity index (χ2v) is 15.2. The molecule has 2 aliphatic carbocycles. The second-order valence-electron chi connectivity index (χ2n) is 15.2. The normalized spacial score (nSPS) is 13.9. The molecule has 0 fully saturated rings. The first-order chi connectivity index (χ1) is 27.3. The number of rotatable bonds is 4. The number of hydrogen-bond donors (Lipinski definition) is 0. The lowest BCUT2D eigenvalue weighted by Crippen LogP contribution is -1.98. The SMILES string of the molecule is c1ccc(C2c3ccccc3-c3cc(-c4ccc5c(c4)c4ccccc4n5-c4ccc5cc(-c6cccc7c6-c6ccccc6C7)ccc5c4)ccc32)cc1. The molecule has 1 nitrogen and oxygen atoms in total. The lowest BCUT2D eigenvalue weighted by Gasteiger charge is -2.14. The van der Waals surface area contributed by atoms with Gasteiger partial charge in [-0.25, -0.2) is 0 Å². The summed E-state index contributed by atoms with van der Waals surface area (Å²) >= 11 is 0. The molecule has 55 heavy (non-hydrogen) atoms. The zero-order valence-corrected chi connectivity index (χ0v) is 30.2. The standard InChI is InChI=1S/C54H35N/c1-2-11-34(12-3-1)53-47-18-7-6-16-45(47)49-32-37(24-27-48(49)53)38-25-28-52-50(33-38)46-17-8-9-20-51(46)55(52)42-26-23-35-29-40(22-21-36(35)31-42)44-19-10-14-41-30-39-13-4-5-15-43(39)54(41)44/h1-29,31-33,53H,30H2. The van der Waals surface area contributed by atoms with Gasteiger partial charge in [0, 0.05) is 22.4 Å². The van der Waals surface area contributed by atoms with Crippen LogP contribution in [-0.4, -0.2) is 4.57 Å². The Morgan fingerprint density at radius 1 is 0.382 bits per heavy atom. The van der Waals surface area contributed by atoms with Crippen molar-refractivity contribution in [2.45, 2.75) is 12.3 Å². The molecule has 12 rings (SSSR count). The van der Waals surface area contributed by atoms with Gasteiger partial charge in [-0.15, -0.1) is 0 Å². The number of fused-ring (bicyclic) bond motifs is 10. The van der Waals surface area contributed by atoms with E-state index in [4.69, 9.17) is 0 Å². The Kier molecular flexibility index (Phi) is 6.53. The number of nitrogens with zero attached hydrogens (tertiary/aromatic N) is 1. The molecule has 1 atom stereocenters. The molecule has 10 aromatic rings. The van der Waals surface area contributed by atoms with E-state index in [1.807, 2.05) is 0 Å². The molecule has 256 valence electrons. The van der Waals surface area contributed by atoms with E-state index >= 15 is 0 Å². The summed E-state index contributed by atoms with van der Waals surface area (Å²) in [5.41, 5.74) is 21.1. The fourth-order valence-corrected chi connectivity index (χ4v) is 9.79. The summed E-state index contributed by atoms with van der Waals surface area (Å²) in [5, 5.41) is 5.03. The van der Waals surface area contributed by atoms with Crippen LogP contribution in [-0.2, 0) is 6.42 Å². The van der Waals surface area contributed by atoms with Crippen LogP contribution in [0.15, 0.2) is 194 Å². The van der Waals surface area contributed by atoms with E-state index < -0.39 is 0 Å². The first kappa shape index (κ1) is 30.5. The topological polar surface area (TPSA) is 4.93 Å². The number of hydrogen-bond acceptors (Lipinski definition) is 0. The Balaban J connectivity index is 0.950. The van der Waals surface area contributed by atoms with Gasteiger partial charge in [-0.2, -0.15) is 0 Å². The summed E-state index contributed by atoms with van der Waals surface area (Å²) in [4.78, 5) is 0. The minimum absolute atomic E-state index is 0.256. The molecule has 0 radical (unpaired) electrons. The van der Waals surface area contributed by atoms with Gasteiger partial charge in [0.05, 0.1) is 11.0 Å². The monoisotopic (exact) mass is 697 g/mol. The maximum atomic E-state index is 2.44. The molecule has 1 unspecified atom stereocenters. The molecule has 0 aliphatic heterocycles. The smallest absolute Gasteiger partial charge is 0.0541 e. The number of aromatic nitrogens is 1. The third-order valence-corrected chi connectivity index (χ3v) is 12.3. The summed E-state index contributed by atoms with van der Waals surface area (Å²) in [5.74, 6) is 0.256. The first-order valence-corrected chi connectivity index (χ1v) is 19.3. The third kappa shape index (κ3) is 4.60. The van der Waals surface area contributed by atoms with E-state index in [0.29, 0.717) is 0 Å². The van der Waals surface area contributed by atoms with Crippen molar-refractivity contribution in [1.29, 1.82) is 0 Å². The van der Waals surface area contributed by atoms with Crippen molar-refractivity contribution in [3.8, 4) is 50.2 Å². The Morgan fingerprint density at radius 3 is 2.00 bits per heavy atom. The maximum absolute atomic E-state index is 2.44. The Morgan fingerprint density at radius 2 is 1.05 bits per heavy atom. The van der Waals surface area contributed by atoms with Crippen LogP contribution in [0.1, 0.15) is 33.7 Å². The van der Waals surface area contributed by atoms with Crippen molar-refractivity contribution < 1.29 is 0 Å². The summed E-state index contributed by atoms with van der Waals surface area (Å²) in [7, 11) is 0. The van der Waals surface area contributed by atoms with Crippen LogP contribution in [0.25, 0.3) is 82.8 Å². The van der Waals surface area contributed by atoms with Crippen LogP contribution in [0.2, 0.25) is 0 Å². The maximum Gasteiger partial charge on any atom is 0.0541 e. The second kappa shape index (κ2) is 11.8. The molecule has 0 amide bonds. The van der Waals surface area contributed by atoms with Crippen molar-refractivity contribution in [2.24, 2.45) is 0 Å². The number of para-hydroxylation sites is 1. The molecule has 1 heterocycles. The zero-order valence-electron chi connectivity index (χ0n) is 30.2. The van der Waals surface area contributed by atoms with Crippen molar-refractivity contribution in [2.75, 3.05) is 0 Å². The van der Waals surface area contributed by atoms with Gasteiger partial charge in [-0.1, -0.05) is 152 Å². The van der Waals surface area contributed by atoms with Gasteiger partial charge in [0.2, 0.25) is 0 Å². The molecule has 9 aromatic carbocycles. The van der Waals surface area contributed by atoms with Gasteiger partial charge in [-0.05, 0) is 132 Å². The molecule has 0 N–H and O–H groups in total. The molecule has 0 saturated heterocycles. The van der Waals surface area contributed by atoms with Crippen molar-refractivity contribution >= 4 is 32.6 Å². The summed E-state index contributed by atoms with van der Waals surface area (Å²) in [6, 6.07) is 72.4. The quantitative estimate of drug-likeness (QED) is 0.173. The highest BCUT2D eigenvalue weighted by Gasteiger charge is 2.30. The number of benzene rings is 9. The molecule has 0 bridgehead atoms. The van der Waals surface area contributed by atoms with Gasteiger partial charge >= 0.3 is 0 Å². The fraction of sp³-hybridized carbons (Fsp3) is 0.0370. The van der Waals surface area contributed by atoms with E-state index in [9.17, 15) is 0 Å². The van der Waals surface area contributed by atoms with E-state index in [1.165, 1.54) is 111 Å². The highest BCUT2D eigenvalue weighted by molar-refractivity contribution is 6.11. The molecule has 1 heteroatoms. The summed E-state index contributed by atoms with van der Waals surface area (Å²) in [6.07, 6.45) is 1.01. The highest BCUT2D eigenvalue weighted by Crippen LogP contribution is 2.49.